The minimum absolute atomic E-state index is 0.0608. The van der Waals surface area contributed by atoms with Gasteiger partial charge >= 0.3 is 18.1 Å². The highest BCUT2D eigenvalue weighted by Crippen LogP contribution is 2.28. The van der Waals surface area contributed by atoms with Gasteiger partial charge in [0.25, 0.3) is 0 Å². The maximum absolute atomic E-state index is 13.8. The van der Waals surface area contributed by atoms with Gasteiger partial charge in [-0.2, -0.15) is 13.2 Å². The number of benzene rings is 1. The van der Waals surface area contributed by atoms with Crippen molar-refractivity contribution in [1.29, 1.82) is 0 Å². The fourth-order valence-electron chi connectivity index (χ4n) is 2.28. The molecule has 1 amide bonds. The summed E-state index contributed by atoms with van der Waals surface area (Å²) in [4.78, 5) is 23.4. The van der Waals surface area contributed by atoms with Crippen LogP contribution in [0.1, 0.15) is 21.5 Å². The molecule has 1 aromatic rings. The van der Waals surface area contributed by atoms with Crippen LogP contribution in [0.4, 0.5) is 17.6 Å². The summed E-state index contributed by atoms with van der Waals surface area (Å²) in [6.07, 6.45) is -4.89. The van der Waals surface area contributed by atoms with Crippen LogP contribution >= 0.6 is 0 Å². The van der Waals surface area contributed by atoms with Crippen molar-refractivity contribution in [3.8, 4) is 0 Å². The van der Waals surface area contributed by atoms with Crippen LogP contribution in [0, 0.1) is 5.82 Å². The Balaban J connectivity index is 2.41. The smallest absolute Gasteiger partial charge is 0.465 e. The topological polar surface area (TPSA) is 46.6 Å². The highest BCUT2D eigenvalue weighted by molar-refractivity contribution is 5.92. The van der Waals surface area contributed by atoms with Gasteiger partial charge in [0.1, 0.15) is 11.4 Å². The molecule has 1 aromatic carbocycles. The van der Waals surface area contributed by atoms with E-state index in [0.29, 0.717) is 10.5 Å². The lowest BCUT2D eigenvalue weighted by atomic mass is 9.94. The molecule has 1 aliphatic heterocycles. The molecule has 114 valence electrons. The van der Waals surface area contributed by atoms with Crippen molar-refractivity contribution in [3.63, 3.8) is 0 Å². The van der Waals surface area contributed by atoms with E-state index >= 15 is 0 Å². The minimum atomic E-state index is -5.00. The van der Waals surface area contributed by atoms with Crippen LogP contribution in [0.3, 0.4) is 0 Å². The van der Waals surface area contributed by atoms with Gasteiger partial charge in [-0.3, -0.25) is 4.79 Å². The van der Waals surface area contributed by atoms with Crippen molar-refractivity contribution in [2.45, 2.75) is 19.1 Å². The van der Waals surface area contributed by atoms with Gasteiger partial charge in [-0.25, -0.2) is 9.18 Å². The third kappa shape index (κ3) is 2.84. The van der Waals surface area contributed by atoms with E-state index in [9.17, 15) is 27.2 Å². The van der Waals surface area contributed by atoms with Gasteiger partial charge in [-0.1, -0.05) is 6.07 Å². The number of rotatable bonds is 1. The Hall–Kier alpha value is -2.12. The largest absolute Gasteiger partial charge is 0.471 e. The van der Waals surface area contributed by atoms with Gasteiger partial charge in [0, 0.05) is 13.1 Å². The molecule has 0 fully saturated rings. The fourth-order valence-corrected chi connectivity index (χ4v) is 2.28. The zero-order chi connectivity index (χ0) is 15.8. The van der Waals surface area contributed by atoms with E-state index in [-0.39, 0.29) is 18.5 Å². The molecule has 0 bridgehead atoms. The molecule has 21 heavy (non-hydrogen) atoms. The summed E-state index contributed by atoms with van der Waals surface area (Å²) in [6, 6.07) is 2.46. The fraction of sp³-hybridized carbons (Fsp3) is 0.385. The molecule has 0 atom stereocenters. The molecule has 2 rings (SSSR count). The molecule has 0 N–H and O–H groups in total. The third-order valence-electron chi connectivity index (χ3n) is 3.28. The van der Waals surface area contributed by atoms with Gasteiger partial charge in [-0.15, -0.1) is 0 Å². The first-order chi connectivity index (χ1) is 9.75. The van der Waals surface area contributed by atoms with Crippen LogP contribution in [0.15, 0.2) is 12.1 Å². The Morgan fingerprint density at radius 2 is 1.95 bits per heavy atom. The van der Waals surface area contributed by atoms with E-state index in [2.05, 4.69) is 4.74 Å². The first kappa shape index (κ1) is 15.3. The standard InChI is InChI=1S/C13H11F4NO3/c1-21-11(19)10-8-6-18(12(20)13(15,16)17)5-4-7(8)2-3-9(10)14/h2-3H,4-6H2,1H3. The number of ether oxygens (including phenoxy) is 1. The number of halogens is 4. The SMILES string of the molecule is COC(=O)c1c(F)ccc2c1CN(C(=O)C(F)(F)F)CC2. The predicted molar refractivity (Wildman–Crippen MR) is 62.9 cm³/mol. The maximum atomic E-state index is 13.8. The van der Waals surface area contributed by atoms with Crippen molar-refractivity contribution in [1.82, 2.24) is 4.90 Å². The molecule has 0 radical (unpaired) electrons. The number of hydrogen-bond acceptors (Lipinski definition) is 3. The Labute approximate surface area is 117 Å². The van der Waals surface area contributed by atoms with Crippen LogP contribution in [0.25, 0.3) is 0 Å². The molecule has 0 aliphatic carbocycles. The summed E-state index contributed by atoms with van der Waals surface area (Å²) in [5, 5.41) is 0. The number of hydrogen-bond donors (Lipinski definition) is 0. The summed E-state index contributed by atoms with van der Waals surface area (Å²) >= 11 is 0. The second-order valence-electron chi connectivity index (χ2n) is 4.53. The normalized spacial score (nSPS) is 14.6. The third-order valence-corrected chi connectivity index (χ3v) is 3.28. The van der Waals surface area contributed by atoms with E-state index < -0.39 is 36.0 Å². The van der Waals surface area contributed by atoms with Gasteiger partial charge in [-0.05, 0) is 23.6 Å². The summed E-state index contributed by atoms with van der Waals surface area (Å²) in [6.45, 7) is -0.618. The monoisotopic (exact) mass is 305 g/mol. The Morgan fingerprint density at radius 3 is 2.52 bits per heavy atom. The van der Waals surface area contributed by atoms with Crippen LogP contribution < -0.4 is 0 Å². The first-order valence-electron chi connectivity index (χ1n) is 6.00. The second kappa shape index (κ2) is 5.34. The Bertz CT molecular complexity index is 598. The number of alkyl halides is 3. The minimum Gasteiger partial charge on any atom is -0.465 e. The molecule has 8 heteroatoms. The van der Waals surface area contributed by atoms with E-state index in [1.54, 1.807) is 0 Å². The number of methoxy groups -OCH3 is 1. The van der Waals surface area contributed by atoms with Crippen molar-refractivity contribution < 1.29 is 31.9 Å². The van der Waals surface area contributed by atoms with Crippen LogP contribution in [0.2, 0.25) is 0 Å². The van der Waals surface area contributed by atoms with Crippen LogP contribution in [-0.2, 0) is 22.5 Å². The summed E-state index contributed by atoms with van der Waals surface area (Å²) < 4.78 is 55.6. The quantitative estimate of drug-likeness (QED) is 0.589. The van der Waals surface area contributed by atoms with Crippen LogP contribution in [0.5, 0.6) is 0 Å². The molecule has 4 nitrogen and oxygen atoms in total. The van der Waals surface area contributed by atoms with Crippen molar-refractivity contribution in [3.05, 3.63) is 34.6 Å². The van der Waals surface area contributed by atoms with E-state index in [1.165, 1.54) is 6.07 Å². The lowest BCUT2D eigenvalue weighted by molar-refractivity contribution is -0.186. The van der Waals surface area contributed by atoms with Gasteiger partial charge in [0.05, 0.1) is 7.11 Å². The summed E-state index contributed by atoms with van der Waals surface area (Å²) in [5.74, 6) is -3.87. The molecule has 0 saturated carbocycles. The number of fused-ring (bicyclic) bond motifs is 1. The Morgan fingerprint density at radius 1 is 1.29 bits per heavy atom. The molecule has 0 saturated heterocycles. The molecule has 0 spiro atoms. The molecule has 0 unspecified atom stereocenters. The number of carbonyl (C=O) groups is 2. The Kier molecular flexibility index (Phi) is 3.89. The second-order valence-corrected chi connectivity index (χ2v) is 4.53. The zero-order valence-corrected chi connectivity index (χ0v) is 11.0. The van der Waals surface area contributed by atoms with Gasteiger partial charge in [0.15, 0.2) is 0 Å². The maximum Gasteiger partial charge on any atom is 0.471 e. The lowest BCUT2D eigenvalue weighted by Gasteiger charge is -2.30. The highest BCUT2D eigenvalue weighted by Gasteiger charge is 2.43. The van der Waals surface area contributed by atoms with Crippen molar-refractivity contribution >= 4 is 11.9 Å². The molecule has 1 heterocycles. The first-order valence-corrected chi connectivity index (χ1v) is 6.00. The van der Waals surface area contributed by atoms with E-state index in [4.69, 9.17) is 0 Å². The van der Waals surface area contributed by atoms with Gasteiger partial charge in [0.2, 0.25) is 0 Å². The predicted octanol–water partition coefficient (Wildman–Crippen LogP) is 2.06. The van der Waals surface area contributed by atoms with Crippen LogP contribution in [-0.4, -0.2) is 36.6 Å². The zero-order valence-electron chi connectivity index (χ0n) is 11.0. The molecule has 1 aliphatic rings. The molecular formula is C13H11F4NO3. The average Bonchev–Trinajstić information content (AvgIpc) is 2.44. The summed E-state index contributed by atoms with van der Waals surface area (Å²) in [7, 11) is 1.04. The number of carbonyl (C=O) groups excluding carboxylic acids is 2. The summed E-state index contributed by atoms with van der Waals surface area (Å²) in [5.41, 5.74) is 0.170. The van der Waals surface area contributed by atoms with Crippen molar-refractivity contribution in [2.75, 3.05) is 13.7 Å². The van der Waals surface area contributed by atoms with Crippen molar-refractivity contribution in [2.24, 2.45) is 0 Å². The van der Waals surface area contributed by atoms with E-state index in [1.807, 2.05) is 0 Å². The van der Waals surface area contributed by atoms with Gasteiger partial charge < -0.3 is 9.64 Å². The van der Waals surface area contributed by atoms with E-state index in [0.717, 1.165) is 13.2 Å². The molecular weight excluding hydrogens is 294 g/mol. The number of amides is 1. The molecule has 0 aromatic heterocycles. The average molecular weight is 305 g/mol. The number of esters is 1. The number of nitrogens with zero attached hydrogens (tertiary/aromatic N) is 1. The highest BCUT2D eigenvalue weighted by atomic mass is 19.4. The lowest BCUT2D eigenvalue weighted by Crippen LogP contribution is -2.44.